The van der Waals surface area contributed by atoms with Crippen LogP contribution >= 0.6 is 11.8 Å². The molecule has 0 spiro atoms. The highest BCUT2D eigenvalue weighted by molar-refractivity contribution is 7.99. The number of rotatable bonds is 3. The molecule has 18 heavy (non-hydrogen) atoms. The molecule has 2 aromatic carbocycles. The third kappa shape index (κ3) is 2.88. The van der Waals surface area contributed by atoms with Gasteiger partial charge < -0.3 is 5.32 Å². The van der Waals surface area contributed by atoms with Crippen LogP contribution in [0.15, 0.2) is 47.4 Å². The molecule has 1 saturated heterocycles. The minimum absolute atomic E-state index is 0.704. The summed E-state index contributed by atoms with van der Waals surface area (Å²) in [6.07, 6.45) is 4.06. The maximum atomic E-state index is 3.61. The van der Waals surface area contributed by atoms with Crippen molar-refractivity contribution in [3.8, 4) is 0 Å². The lowest BCUT2D eigenvalue weighted by molar-refractivity contribution is 0.430. The fourth-order valence-electron chi connectivity index (χ4n) is 2.52. The van der Waals surface area contributed by atoms with Crippen molar-refractivity contribution in [2.75, 3.05) is 12.3 Å². The van der Waals surface area contributed by atoms with E-state index in [4.69, 9.17) is 0 Å². The summed E-state index contributed by atoms with van der Waals surface area (Å²) in [7, 11) is 0. The van der Waals surface area contributed by atoms with Gasteiger partial charge in [-0.15, -0.1) is 11.8 Å². The maximum Gasteiger partial charge on any atom is 0.0161 e. The molecule has 1 heterocycles. The average molecular weight is 257 g/mol. The van der Waals surface area contributed by atoms with Gasteiger partial charge in [0.2, 0.25) is 0 Å². The molecule has 1 nitrogen and oxygen atoms in total. The third-order valence-corrected chi connectivity index (χ3v) is 4.74. The van der Waals surface area contributed by atoms with E-state index in [-0.39, 0.29) is 0 Å². The van der Waals surface area contributed by atoms with Gasteiger partial charge in [0.15, 0.2) is 0 Å². The zero-order valence-electron chi connectivity index (χ0n) is 10.6. The van der Waals surface area contributed by atoms with Crippen LogP contribution in [0.4, 0.5) is 0 Å². The fraction of sp³-hybridized carbons (Fsp3) is 0.375. The minimum Gasteiger partial charge on any atom is -0.313 e. The van der Waals surface area contributed by atoms with Crippen molar-refractivity contribution >= 4 is 22.5 Å². The topological polar surface area (TPSA) is 12.0 Å². The summed E-state index contributed by atoms with van der Waals surface area (Å²) in [6, 6.07) is 16.1. The summed E-state index contributed by atoms with van der Waals surface area (Å²) >= 11 is 1.98. The molecule has 2 heteroatoms. The highest BCUT2D eigenvalue weighted by Crippen LogP contribution is 2.25. The van der Waals surface area contributed by atoms with E-state index in [1.54, 1.807) is 0 Å². The van der Waals surface area contributed by atoms with Crippen molar-refractivity contribution in [3.05, 3.63) is 42.5 Å². The summed E-state index contributed by atoms with van der Waals surface area (Å²) < 4.78 is 0. The Bertz CT molecular complexity index is 517. The lowest BCUT2D eigenvalue weighted by atomic mass is 10.1. The van der Waals surface area contributed by atoms with Crippen LogP contribution in [-0.2, 0) is 0 Å². The molecule has 0 amide bonds. The summed E-state index contributed by atoms with van der Waals surface area (Å²) in [5, 5.41) is 6.28. The summed E-state index contributed by atoms with van der Waals surface area (Å²) in [6.45, 7) is 1.20. The molecule has 0 aromatic heterocycles. The standard InChI is InChI=1S/C16H19NS/c1-2-6-14-11-16(9-8-13(14)5-1)18-12-15-7-3-4-10-17-15/h1-2,5-6,8-9,11,15,17H,3-4,7,10,12H2. The number of hydrogen-bond acceptors (Lipinski definition) is 2. The molecule has 0 bridgehead atoms. The lowest BCUT2D eigenvalue weighted by Gasteiger charge is -2.22. The number of nitrogens with one attached hydrogen (secondary N) is 1. The van der Waals surface area contributed by atoms with Crippen LogP contribution in [0.1, 0.15) is 19.3 Å². The monoisotopic (exact) mass is 257 g/mol. The van der Waals surface area contributed by atoms with Gasteiger partial charge in [0.05, 0.1) is 0 Å². The number of benzene rings is 2. The SMILES string of the molecule is c1ccc2cc(SCC3CCCCN3)ccc2c1. The smallest absolute Gasteiger partial charge is 0.0161 e. The van der Waals surface area contributed by atoms with Crippen molar-refractivity contribution in [1.29, 1.82) is 0 Å². The molecule has 1 aliphatic rings. The molecule has 3 rings (SSSR count). The van der Waals surface area contributed by atoms with E-state index in [0.717, 1.165) is 0 Å². The van der Waals surface area contributed by atoms with Gasteiger partial charge in [-0.2, -0.15) is 0 Å². The maximum absolute atomic E-state index is 3.61. The molecule has 0 radical (unpaired) electrons. The Morgan fingerprint density at radius 2 is 1.94 bits per heavy atom. The van der Waals surface area contributed by atoms with Gasteiger partial charge in [-0.3, -0.25) is 0 Å². The molecule has 2 aromatic rings. The Morgan fingerprint density at radius 1 is 1.06 bits per heavy atom. The quantitative estimate of drug-likeness (QED) is 0.832. The van der Waals surface area contributed by atoms with Crippen LogP contribution in [0.2, 0.25) is 0 Å². The number of hydrogen-bond donors (Lipinski definition) is 1. The second kappa shape index (κ2) is 5.77. The Balaban J connectivity index is 1.66. The van der Waals surface area contributed by atoms with Crippen LogP contribution in [0.5, 0.6) is 0 Å². The summed E-state index contributed by atoms with van der Waals surface area (Å²) in [4.78, 5) is 1.39. The Kier molecular flexibility index (Phi) is 3.87. The second-order valence-electron chi connectivity index (χ2n) is 4.97. The van der Waals surface area contributed by atoms with E-state index >= 15 is 0 Å². The predicted octanol–water partition coefficient (Wildman–Crippen LogP) is 4.07. The molecular formula is C16H19NS. The molecule has 1 aliphatic heterocycles. The molecule has 1 fully saturated rings. The van der Waals surface area contributed by atoms with Crippen molar-refractivity contribution in [3.63, 3.8) is 0 Å². The van der Waals surface area contributed by atoms with E-state index < -0.39 is 0 Å². The van der Waals surface area contributed by atoms with Crippen LogP contribution in [0, 0.1) is 0 Å². The van der Waals surface area contributed by atoms with Crippen LogP contribution < -0.4 is 5.32 Å². The van der Waals surface area contributed by atoms with Gasteiger partial charge >= 0.3 is 0 Å². The van der Waals surface area contributed by atoms with E-state index in [1.165, 1.54) is 47.2 Å². The fourth-order valence-corrected chi connectivity index (χ4v) is 3.57. The van der Waals surface area contributed by atoms with E-state index in [2.05, 4.69) is 47.8 Å². The average Bonchev–Trinajstić information content (AvgIpc) is 2.46. The first-order valence-electron chi connectivity index (χ1n) is 6.77. The first-order chi connectivity index (χ1) is 8.92. The Labute approximate surface area is 113 Å². The van der Waals surface area contributed by atoms with Crippen molar-refractivity contribution in [2.45, 2.75) is 30.2 Å². The van der Waals surface area contributed by atoms with Crippen molar-refractivity contribution < 1.29 is 0 Å². The van der Waals surface area contributed by atoms with Gasteiger partial charge in [-0.05, 0) is 42.3 Å². The first-order valence-corrected chi connectivity index (χ1v) is 7.75. The molecular weight excluding hydrogens is 238 g/mol. The summed E-state index contributed by atoms with van der Waals surface area (Å²) in [5.74, 6) is 1.19. The first kappa shape index (κ1) is 12.1. The molecule has 1 atom stereocenters. The van der Waals surface area contributed by atoms with Gasteiger partial charge in [0.25, 0.3) is 0 Å². The largest absolute Gasteiger partial charge is 0.313 e. The molecule has 1 N–H and O–H groups in total. The number of piperidine rings is 1. The van der Waals surface area contributed by atoms with Crippen LogP contribution in [0.3, 0.4) is 0 Å². The zero-order chi connectivity index (χ0) is 12.2. The zero-order valence-corrected chi connectivity index (χ0v) is 11.4. The number of thioether (sulfide) groups is 1. The molecule has 0 aliphatic carbocycles. The highest BCUT2D eigenvalue weighted by Gasteiger charge is 2.12. The van der Waals surface area contributed by atoms with Crippen LogP contribution in [-0.4, -0.2) is 18.3 Å². The molecule has 94 valence electrons. The van der Waals surface area contributed by atoms with Crippen molar-refractivity contribution in [2.24, 2.45) is 0 Å². The van der Waals surface area contributed by atoms with Crippen LogP contribution in [0.25, 0.3) is 10.8 Å². The van der Waals surface area contributed by atoms with Gasteiger partial charge in [0.1, 0.15) is 0 Å². The Hall–Kier alpha value is -0.990. The normalized spacial score (nSPS) is 20.1. The van der Waals surface area contributed by atoms with Gasteiger partial charge in [0, 0.05) is 16.7 Å². The van der Waals surface area contributed by atoms with Crippen molar-refractivity contribution in [1.82, 2.24) is 5.32 Å². The van der Waals surface area contributed by atoms with Gasteiger partial charge in [-0.1, -0.05) is 36.8 Å². The minimum atomic E-state index is 0.704. The molecule has 1 unspecified atom stereocenters. The third-order valence-electron chi connectivity index (χ3n) is 3.58. The van der Waals surface area contributed by atoms with E-state index in [9.17, 15) is 0 Å². The predicted molar refractivity (Wildman–Crippen MR) is 80.3 cm³/mol. The highest BCUT2D eigenvalue weighted by atomic mass is 32.2. The Morgan fingerprint density at radius 3 is 2.78 bits per heavy atom. The van der Waals surface area contributed by atoms with Gasteiger partial charge in [-0.25, -0.2) is 0 Å². The number of fused-ring (bicyclic) bond motifs is 1. The molecule has 0 saturated carbocycles. The van der Waals surface area contributed by atoms with E-state index in [0.29, 0.717) is 6.04 Å². The second-order valence-corrected chi connectivity index (χ2v) is 6.06. The van der Waals surface area contributed by atoms with E-state index in [1.807, 2.05) is 11.8 Å². The lowest BCUT2D eigenvalue weighted by Crippen LogP contribution is -2.35. The summed E-state index contributed by atoms with van der Waals surface area (Å²) in [5.41, 5.74) is 0.